The van der Waals surface area contributed by atoms with Crippen LogP contribution in [-0.4, -0.2) is 32.5 Å². The first-order chi connectivity index (χ1) is 7.19. The molecule has 4 nitrogen and oxygen atoms in total. The van der Waals surface area contributed by atoms with E-state index in [9.17, 15) is 5.11 Å². The summed E-state index contributed by atoms with van der Waals surface area (Å²) in [7, 11) is 3.15. The van der Waals surface area contributed by atoms with Gasteiger partial charge in [-0.15, -0.1) is 0 Å². The Balaban J connectivity index is 2.34. The average molecular weight is 210 g/mol. The van der Waals surface area contributed by atoms with Crippen molar-refractivity contribution >= 4 is 0 Å². The molecule has 0 aromatic heterocycles. The molecule has 1 saturated heterocycles. The molecule has 0 spiro atoms. The smallest absolute Gasteiger partial charge is 0.161 e. The molecule has 4 heteroatoms. The summed E-state index contributed by atoms with van der Waals surface area (Å²) in [4.78, 5) is 0. The lowest BCUT2D eigenvalue weighted by Crippen LogP contribution is -2.46. The first-order valence-electron chi connectivity index (χ1n) is 4.72. The van der Waals surface area contributed by atoms with Crippen molar-refractivity contribution in [1.29, 1.82) is 0 Å². The number of ether oxygens (including phenoxy) is 3. The number of hydrogen-bond donors (Lipinski definition) is 1. The van der Waals surface area contributed by atoms with Crippen molar-refractivity contribution in [2.75, 3.05) is 27.4 Å². The van der Waals surface area contributed by atoms with Gasteiger partial charge in [-0.05, 0) is 17.7 Å². The minimum Gasteiger partial charge on any atom is -0.493 e. The molecule has 0 radical (unpaired) electrons. The van der Waals surface area contributed by atoms with E-state index in [0.29, 0.717) is 24.7 Å². The Labute approximate surface area is 88.4 Å². The van der Waals surface area contributed by atoms with Gasteiger partial charge in [0.15, 0.2) is 11.5 Å². The van der Waals surface area contributed by atoms with Gasteiger partial charge in [-0.1, -0.05) is 6.07 Å². The zero-order valence-electron chi connectivity index (χ0n) is 8.82. The van der Waals surface area contributed by atoms with Crippen molar-refractivity contribution in [3.05, 3.63) is 23.8 Å². The van der Waals surface area contributed by atoms with Crippen LogP contribution in [0.1, 0.15) is 5.56 Å². The summed E-state index contributed by atoms with van der Waals surface area (Å²) in [5, 5.41) is 10.0. The van der Waals surface area contributed by atoms with Crippen molar-refractivity contribution in [3.8, 4) is 11.5 Å². The van der Waals surface area contributed by atoms with Crippen molar-refractivity contribution in [2.24, 2.45) is 0 Å². The van der Waals surface area contributed by atoms with Crippen LogP contribution in [0.2, 0.25) is 0 Å². The van der Waals surface area contributed by atoms with E-state index in [1.54, 1.807) is 26.4 Å². The molecule has 0 unspecified atom stereocenters. The van der Waals surface area contributed by atoms with Crippen molar-refractivity contribution in [2.45, 2.75) is 5.60 Å². The molecule has 1 fully saturated rings. The standard InChI is InChI=1S/C11H14O4/c1-13-9-4-3-8(5-10(9)14-2)11(12)6-15-7-11/h3-5,12H,6-7H2,1-2H3. The second-order valence-electron chi connectivity index (χ2n) is 3.59. The summed E-state index contributed by atoms with van der Waals surface area (Å²) in [5.74, 6) is 1.28. The number of rotatable bonds is 3. The predicted molar refractivity (Wildman–Crippen MR) is 54.3 cm³/mol. The first-order valence-corrected chi connectivity index (χ1v) is 4.72. The van der Waals surface area contributed by atoms with E-state index in [-0.39, 0.29) is 0 Å². The molecular formula is C11H14O4. The normalized spacial score (nSPS) is 18.1. The summed E-state index contributed by atoms with van der Waals surface area (Å²) in [5.41, 5.74) is -0.0640. The van der Waals surface area contributed by atoms with Crippen molar-refractivity contribution in [3.63, 3.8) is 0 Å². The molecule has 1 aliphatic rings. The molecule has 1 heterocycles. The van der Waals surface area contributed by atoms with E-state index >= 15 is 0 Å². The van der Waals surface area contributed by atoms with Gasteiger partial charge >= 0.3 is 0 Å². The van der Waals surface area contributed by atoms with Crippen LogP contribution in [0.3, 0.4) is 0 Å². The van der Waals surface area contributed by atoms with Gasteiger partial charge in [0.1, 0.15) is 5.60 Å². The van der Waals surface area contributed by atoms with E-state index in [1.165, 1.54) is 0 Å². The molecule has 0 atom stereocenters. The van der Waals surface area contributed by atoms with Gasteiger partial charge in [0, 0.05) is 0 Å². The minimum absolute atomic E-state index is 0.336. The van der Waals surface area contributed by atoms with Gasteiger partial charge < -0.3 is 19.3 Å². The second kappa shape index (κ2) is 3.72. The van der Waals surface area contributed by atoms with Crippen LogP contribution in [0, 0.1) is 0 Å². The number of methoxy groups -OCH3 is 2. The highest BCUT2D eigenvalue weighted by Gasteiger charge is 2.38. The fourth-order valence-electron chi connectivity index (χ4n) is 1.59. The lowest BCUT2D eigenvalue weighted by atomic mass is 9.92. The summed E-state index contributed by atoms with van der Waals surface area (Å²) >= 11 is 0. The average Bonchev–Trinajstić information content (AvgIpc) is 2.25. The summed E-state index contributed by atoms with van der Waals surface area (Å²) in [6.07, 6.45) is 0. The second-order valence-corrected chi connectivity index (χ2v) is 3.59. The minimum atomic E-state index is -0.862. The number of aliphatic hydroxyl groups is 1. The maximum atomic E-state index is 10.0. The number of hydrogen-bond acceptors (Lipinski definition) is 4. The molecular weight excluding hydrogens is 196 g/mol. The topological polar surface area (TPSA) is 47.9 Å². The monoisotopic (exact) mass is 210 g/mol. The molecule has 1 aromatic rings. The van der Waals surface area contributed by atoms with Crippen LogP contribution in [-0.2, 0) is 10.3 Å². The van der Waals surface area contributed by atoms with Gasteiger partial charge in [0.2, 0.25) is 0 Å². The Morgan fingerprint density at radius 3 is 2.33 bits per heavy atom. The molecule has 1 aliphatic heterocycles. The van der Waals surface area contributed by atoms with Gasteiger partial charge in [-0.25, -0.2) is 0 Å². The quantitative estimate of drug-likeness (QED) is 0.806. The highest BCUT2D eigenvalue weighted by atomic mass is 16.5. The third-order valence-electron chi connectivity index (χ3n) is 2.60. The van der Waals surface area contributed by atoms with Gasteiger partial charge in [-0.3, -0.25) is 0 Å². The van der Waals surface area contributed by atoms with E-state index in [2.05, 4.69) is 0 Å². The molecule has 0 amide bonds. The fraction of sp³-hybridized carbons (Fsp3) is 0.455. The third kappa shape index (κ3) is 1.66. The van der Waals surface area contributed by atoms with Crippen LogP contribution in [0.15, 0.2) is 18.2 Å². The van der Waals surface area contributed by atoms with Crippen molar-refractivity contribution < 1.29 is 19.3 Å². The molecule has 1 aromatic carbocycles. The number of benzene rings is 1. The Bertz CT molecular complexity index is 358. The molecule has 82 valence electrons. The van der Waals surface area contributed by atoms with Crippen LogP contribution in [0.5, 0.6) is 11.5 Å². The first kappa shape index (κ1) is 10.3. The highest BCUT2D eigenvalue weighted by Crippen LogP contribution is 2.35. The van der Waals surface area contributed by atoms with Gasteiger partial charge in [0.05, 0.1) is 27.4 Å². The Morgan fingerprint density at radius 1 is 1.20 bits per heavy atom. The van der Waals surface area contributed by atoms with Gasteiger partial charge in [-0.2, -0.15) is 0 Å². The van der Waals surface area contributed by atoms with E-state index < -0.39 is 5.60 Å². The maximum absolute atomic E-state index is 10.0. The molecule has 0 bridgehead atoms. The summed E-state index contributed by atoms with van der Waals surface area (Å²) in [6.45, 7) is 0.672. The lowest BCUT2D eigenvalue weighted by Gasteiger charge is -2.36. The zero-order valence-corrected chi connectivity index (χ0v) is 8.82. The Morgan fingerprint density at radius 2 is 1.87 bits per heavy atom. The SMILES string of the molecule is COc1ccc(C2(O)COC2)cc1OC. The Hall–Kier alpha value is -1.26. The predicted octanol–water partition coefficient (Wildman–Crippen LogP) is 0.922. The van der Waals surface area contributed by atoms with E-state index in [4.69, 9.17) is 14.2 Å². The van der Waals surface area contributed by atoms with Crippen LogP contribution < -0.4 is 9.47 Å². The zero-order chi connectivity index (χ0) is 10.9. The van der Waals surface area contributed by atoms with Crippen LogP contribution in [0.4, 0.5) is 0 Å². The van der Waals surface area contributed by atoms with E-state index in [0.717, 1.165) is 5.56 Å². The van der Waals surface area contributed by atoms with E-state index in [1.807, 2.05) is 6.07 Å². The fourth-order valence-corrected chi connectivity index (χ4v) is 1.59. The molecule has 2 rings (SSSR count). The summed E-state index contributed by atoms with van der Waals surface area (Å²) < 4.78 is 15.3. The van der Waals surface area contributed by atoms with Gasteiger partial charge in [0.25, 0.3) is 0 Å². The maximum Gasteiger partial charge on any atom is 0.161 e. The molecule has 1 N–H and O–H groups in total. The lowest BCUT2D eigenvalue weighted by molar-refractivity contribution is -0.184. The van der Waals surface area contributed by atoms with Crippen molar-refractivity contribution in [1.82, 2.24) is 0 Å². The molecule has 15 heavy (non-hydrogen) atoms. The third-order valence-corrected chi connectivity index (χ3v) is 2.60. The van der Waals surface area contributed by atoms with Crippen LogP contribution >= 0.6 is 0 Å². The van der Waals surface area contributed by atoms with Crippen LogP contribution in [0.25, 0.3) is 0 Å². The highest BCUT2D eigenvalue weighted by molar-refractivity contribution is 5.45. The molecule has 0 saturated carbocycles. The molecule has 0 aliphatic carbocycles. The Kier molecular flexibility index (Phi) is 2.54. The largest absolute Gasteiger partial charge is 0.493 e. The summed E-state index contributed by atoms with van der Waals surface area (Å²) in [6, 6.07) is 5.38.